The van der Waals surface area contributed by atoms with E-state index in [0.717, 1.165) is 16.4 Å². The number of nitro groups is 1. The van der Waals surface area contributed by atoms with Crippen LogP contribution in [0, 0.1) is 10.1 Å². The van der Waals surface area contributed by atoms with Crippen molar-refractivity contribution in [3.63, 3.8) is 0 Å². The SMILES string of the molecule is CCOP(=O)(CCCn1c2ccc(/C(=N/OC(C)=O)c3ccccc3OC)cc2c2cc([N+](=O)[O-])ccc21)OCC. The van der Waals surface area contributed by atoms with Gasteiger partial charge in [-0.2, -0.15) is 0 Å². The number of hydrogen-bond donors (Lipinski definition) is 0. The molecule has 216 valence electrons. The molecule has 0 N–H and O–H groups in total. The second-order valence-electron chi connectivity index (χ2n) is 9.09. The van der Waals surface area contributed by atoms with Gasteiger partial charge in [0.1, 0.15) is 11.5 Å². The number of carbonyl (C=O) groups is 1. The van der Waals surface area contributed by atoms with E-state index in [1.165, 1.54) is 26.2 Å². The number of aryl methyl sites for hydroxylation is 1. The maximum atomic E-state index is 13.0. The maximum absolute atomic E-state index is 13.0. The highest BCUT2D eigenvalue weighted by Crippen LogP contribution is 2.48. The molecule has 0 aliphatic heterocycles. The molecule has 0 spiro atoms. The molecule has 0 fully saturated rings. The monoisotopic (exact) mass is 581 g/mol. The van der Waals surface area contributed by atoms with Gasteiger partial charge < -0.3 is 23.2 Å². The molecule has 0 radical (unpaired) electrons. The minimum absolute atomic E-state index is 0.0438. The third-order valence-corrected chi connectivity index (χ3v) is 8.59. The van der Waals surface area contributed by atoms with Crippen molar-refractivity contribution in [2.75, 3.05) is 26.5 Å². The summed E-state index contributed by atoms with van der Waals surface area (Å²) in [6.07, 6.45) is 0.725. The molecule has 3 aromatic carbocycles. The van der Waals surface area contributed by atoms with Crippen molar-refractivity contribution in [1.29, 1.82) is 0 Å². The zero-order chi connectivity index (χ0) is 29.6. The van der Waals surface area contributed by atoms with Crippen molar-refractivity contribution >= 4 is 46.8 Å². The molecule has 0 aliphatic rings. The highest BCUT2D eigenvalue weighted by Gasteiger charge is 2.24. The van der Waals surface area contributed by atoms with E-state index >= 15 is 0 Å². The third kappa shape index (κ3) is 6.65. The molecule has 0 atom stereocenters. The Morgan fingerprint density at radius 2 is 1.66 bits per heavy atom. The summed E-state index contributed by atoms with van der Waals surface area (Å²) >= 11 is 0. The van der Waals surface area contributed by atoms with Crippen molar-refractivity contribution < 1.29 is 32.9 Å². The summed E-state index contributed by atoms with van der Waals surface area (Å²) in [5, 5.41) is 17.2. The van der Waals surface area contributed by atoms with Gasteiger partial charge in [-0.15, -0.1) is 0 Å². The molecule has 0 aliphatic carbocycles. The van der Waals surface area contributed by atoms with Gasteiger partial charge in [0.2, 0.25) is 0 Å². The van der Waals surface area contributed by atoms with Crippen LogP contribution in [-0.4, -0.2) is 47.7 Å². The van der Waals surface area contributed by atoms with Crippen molar-refractivity contribution in [2.24, 2.45) is 5.16 Å². The Morgan fingerprint density at radius 1 is 1.00 bits per heavy atom. The maximum Gasteiger partial charge on any atom is 0.332 e. The van der Waals surface area contributed by atoms with Crippen LogP contribution in [0.3, 0.4) is 0 Å². The van der Waals surface area contributed by atoms with Gasteiger partial charge in [-0.1, -0.05) is 23.4 Å². The Labute approximate surface area is 237 Å². The molecule has 0 amide bonds. The average Bonchev–Trinajstić information content (AvgIpc) is 3.25. The number of rotatable bonds is 13. The van der Waals surface area contributed by atoms with E-state index < -0.39 is 18.5 Å². The van der Waals surface area contributed by atoms with Gasteiger partial charge in [0, 0.05) is 58.5 Å². The van der Waals surface area contributed by atoms with Gasteiger partial charge in [0.05, 0.1) is 31.4 Å². The number of benzene rings is 3. The number of fused-ring (bicyclic) bond motifs is 3. The molecule has 4 rings (SSSR count). The first-order valence-electron chi connectivity index (χ1n) is 13.2. The number of methoxy groups -OCH3 is 1. The lowest BCUT2D eigenvalue weighted by atomic mass is 9.99. The second kappa shape index (κ2) is 13.1. The van der Waals surface area contributed by atoms with E-state index in [4.69, 9.17) is 18.6 Å². The molecule has 0 unspecified atom stereocenters. The normalized spacial score (nSPS) is 12.1. The van der Waals surface area contributed by atoms with Crippen LogP contribution >= 0.6 is 7.60 Å². The first-order chi connectivity index (χ1) is 19.7. The first kappa shape index (κ1) is 29.9. The zero-order valence-corrected chi connectivity index (χ0v) is 24.3. The molecule has 1 heterocycles. The molecule has 1 aromatic heterocycles. The first-order valence-corrected chi connectivity index (χ1v) is 14.9. The summed E-state index contributed by atoms with van der Waals surface area (Å²) in [6.45, 7) is 5.84. The lowest BCUT2D eigenvalue weighted by Crippen LogP contribution is -2.08. The van der Waals surface area contributed by atoms with E-state index in [1.807, 2.05) is 34.9 Å². The van der Waals surface area contributed by atoms with Gasteiger partial charge >= 0.3 is 13.6 Å². The lowest BCUT2D eigenvalue weighted by molar-refractivity contribution is -0.384. The molecule has 0 saturated carbocycles. The number of nitro benzene ring substituents is 1. The highest BCUT2D eigenvalue weighted by molar-refractivity contribution is 7.53. The Balaban J connectivity index is 1.85. The van der Waals surface area contributed by atoms with E-state index in [9.17, 15) is 19.5 Å². The Bertz CT molecular complexity index is 1650. The van der Waals surface area contributed by atoms with Crippen molar-refractivity contribution in [1.82, 2.24) is 4.57 Å². The summed E-state index contributed by atoms with van der Waals surface area (Å²) < 4.78 is 31.4. The molecule has 41 heavy (non-hydrogen) atoms. The summed E-state index contributed by atoms with van der Waals surface area (Å²) in [5.74, 6) is -0.0494. The minimum Gasteiger partial charge on any atom is -0.496 e. The Hall–Kier alpha value is -4.05. The third-order valence-electron chi connectivity index (χ3n) is 6.43. The van der Waals surface area contributed by atoms with E-state index in [2.05, 4.69) is 5.16 Å². The van der Waals surface area contributed by atoms with Crippen LogP contribution in [0.1, 0.15) is 38.3 Å². The van der Waals surface area contributed by atoms with Gasteiger partial charge in [-0.25, -0.2) is 4.79 Å². The van der Waals surface area contributed by atoms with Crippen LogP contribution in [-0.2, 0) is 29.8 Å². The Morgan fingerprint density at radius 3 is 2.29 bits per heavy atom. The molecule has 4 aromatic rings. The minimum atomic E-state index is -3.23. The average molecular weight is 582 g/mol. The second-order valence-corrected chi connectivity index (χ2v) is 11.3. The van der Waals surface area contributed by atoms with Crippen LogP contribution < -0.4 is 4.74 Å². The van der Waals surface area contributed by atoms with Gasteiger partial charge in [-0.05, 0) is 50.6 Å². The summed E-state index contributed by atoms with van der Waals surface area (Å²) in [4.78, 5) is 27.9. The molecular weight excluding hydrogens is 549 g/mol. The number of nitrogens with zero attached hydrogens (tertiary/aromatic N) is 3. The topological polar surface area (TPSA) is 131 Å². The van der Waals surface area contributed by atoms with Crippen LogP contribution in [0.15, 0.2) is 65.8 Å². The number of hydrogen-bond acceptors (Lipinski definition) is 9. The fraction of sp³-hybridized carbons (Fsp3) is 0.310. The van der Waals surface area contributed by atoms with E-state index in [1.54, 1.807) is 32.0 Å². The summed E-state index contributed by atoms with van der Waals surface area (Å²) in [7, 11) is -1.69. The molecule has 11 nitrogen and oxygen atoms in total. The van der Waals surface area contributed by atoms with Crippen LogP contribution in [0.4, 0.5) is 5.69 Å². The summed E-state index contributed by atoms with van der Waals surface area (Å²) in [5.41, 5.74) is 3.14. The summed E-state index contributed by atoms with van der Waals surface area (Å²) in [6, 6.07) is 17.5. The smallest absolute Gasteiger partial charge is 0.332 e. The fourth-order valence-corrected chi connectivity index (χ4v) is 6.43. The number of aromatic nitrogens is 1. The van der Waals surface area contributed by atoms with E-state index in [0.29, 0.717) is 40.9 Å². The van der Waals surface area contributed by atoms with Crippen molar-refractivity contribution in [3.05, 3.63) is 81.9 Å². The molecule has 12 heteroatoms. The molecular formula is C29H32N3O8P. The van der Waals surface area contributed by atoms with Crippen LogP contribution in [0.2, 0.25) is 0 Å². The Kier molecular flexibility index (Phi) is 9.54. The predicted molar refractivity (Wildman–Crippen MR) is 157 cm³/mol. The number of non-ortho nitro benzene ring substituents is 1. The number of ether oxygens (including phenoxy) is 1. The molecule has 0 saturated heterocycles. The highest BCUT2D eigenvalue weighted by atomic mass is 31.2. The van der Waals surface area contributed by atoms with Crippen molar-refractivity contribution in [3.8, 4) is 5.75 Å². The zero-order valence-electron chi connectivity index (χ0n) is 23.4. The van der Waals surface area contributed by atoms with Gasteiger partial charge in [0.15, 0.2) is 0 Å². The quantitative estimate of drug-likeness (QED) is 0.0561. The van der Waals surface area contributed by atoms with Crippen LogP contribution in [0.25, 0.3) is 21.8 Å². The standard InChI is InChI=1S/C29H32N3O8P/c1-5-38-41(36,39-6-2)17-9-16-31-26-14-12-21(18-24(26)25-19-22(32(34)35)13-15-27(25)31)29(30-40-20(3)33)23-10-7-8-11-28(23)37-4/h7-8,10-15,18-19H,5-6,9,16-17H2,1-4H3/b30-29-. The van der Waals surface area contributed by atoms with Crippen molar-refractivity contribution in [2.45, 2.75) is 33.7 Å². The number of carbonyl (C=O) groups excluding carboxylic acids is 1. The lowest BCUT2D eigenvalue weighted by Gasteiger charge is -2.17. The van der Waals surface area contributed by atoms with Gasteiger partial charge in [-0.3, -0.25) is 14.7 Å². The number of para-hydroxylation sites is 1. The number of oxime groups is 1. The predicted octanol–water partition coefficient (Wildman–Crippen LogP) is 6.68. The van der Waals surface area contributed by atoms with Gasteiger partial charge in [0.25, 0.3) is 5.69 Å². The largest absolute Gasteiger partial charge is 0.496 e. The van der Waals surface area contributed by atoms with E-state index in [-0.39, 0.29) is 25.1 Å². The molecule has 0 bridgehead atoms. The van der Waals surface area contributed by atoms with Crippen LogP contribution in [0.5, 0.6) is 5.75 Å². The fourth-order valence-electron chi connectivity index (χ4n) is 4.78.